The summed E-state index contributed by atoms with van der Waals surface area (Å²) in [5, 5.41) is 0. The molecule has 0 saturated heterocycles. The third kappa shape index (κ3) is 2.50. The van der Waals surface area contributed by atoms with E-state index in [1.807, 2.05) is 55.5 Å². The molecule has 1 aromatic carbocycles. The molecule has 0 aliphatic heterocycles. The summed E-state index contributed by atoms with van der Waals surface area (Å²) in [7, 11) is 0. The molecular weight excluding hydrogens is 184 g/mol. The summed E-state index contributed by atoms with van der Waals surface area (Å²) in [6.45, 7) is 1.99. The summed E-state index contributed by atoms with van der Waals surface area (Å²) in [6, 6.07) is 15.8. The molecule has 0 aliphatic carbocycles. The summed E-state index contributed by atoms with van der Waals surface area (Å²) in [5.41, 5.74) is 2.11. The first-order valence-electron chi connectivity index (χ1n) is 4.88. The molecule has 2 rings (SSSR count). The molecule has 0 spiro atoms. The van der Waals surface area contributed by atoms with Crippen molar-refractivity contribution in [1.82, 2.24) is 4.98 Å². The molecule has 1 heterocycles. The summed E-state index contributed by atoms with van der Waals surface area (Å²) in [5.74, 6) is 0.749. The van der Waals surface area contributed by atoms with Crippen LogP contribution in [0.3, 0.4) is 0 Å². The van der Waals surface area contributed by atoms with E-state index >= 15 is 0 Å². The average molecular weight is 196 g/mol. The van der Waals surface area contributed by atoms with E-state index < -0.39 is 0 Å². The molecule has 0 fully saturated rings. The van der Waals surface area contributed by atoms with Crippen molar-refractivity contribution < 1.29 is 0 Å². The van der Waals surface area contributed by atoms with Crippen LogP contribution in [0.1, 0.15) is 12.5 Å². The molecule has 0 saturated carbocycles. The second kappa shape index (κ2) is 4.51. The third-order valence-electron chi connectivity index (χ3n) is 2.12. The highest BCUT2D eigenvalue weighted by atomic mass is 14.9. The molecular formula is C13H12N2. The van der Waals surface area contributed by atoms with Crippen molar-refractivity contribution in [3.63, 3.8) is 0 Å². The molecule has 0 radical (unpaired) electrons. The molecule has 74 valence electrons. The maximum atomic E-state index is 4.43. The van der Waals surface area contributed by atoms with Gasteiger partial charge in [0.05, 0.1) is 0 Å². The zero-order chi connectivity index (χ0) is 10.5. The monoisotopic (exact) mass is 196 g/mol. The van der Waals surface area contributed by atoms with E-state index in [-0.39, 0.29) is 0 Å². The Morgan fingerprint density at radius 3 is 2.40 bits per heavy atom. The Kier molecular flexibility index (Phi) is 2.88. The fourth-order valence-corrected chi connectivity index (χ4v) is 1.34. The fourth-order valence-electron chi connectivity index (χ4n) is 1.34. The minimum Gasteiger partial charge on any atom is -0.237 e. The minimum atomic E-state index is 0.749. The highest BCUT2D eigenvalue weighted by Gasteiger charge is 1.95. The quantitative estimate of drug-likeness (QED) is 0.677. The Hall–Kier alpha value is -1.96. The number of nitrogens with zero attached hydrogens (tertiary/aromatic N) is 2. The van der Waals surface area contributed by atoms with Gasteiger partial charge in [0.25, 0.3) is 0 Å². The number of hydrogen-bond acceptors (Lipinski definition) is 2. The predicted molar refractivity (Wildman–Crippen MR) is 62.6 cm³/mol. The topological polar surface area (TPSA) is 25.2 Å². The minimum absolute atomic E-state index is 0.749. The fraction of sp³-hybridized carbons (Fsp3) is 0.0769. The molecule has 0 atom stereocenters. The van der Waals surface area contributed by atoms with Gasteiger partial charge in [-0.25, -0.2) is 9.98 Å². The largest absolute Gasteiger partial charge is 0.237 e. The normalized spacial score (nSPS) is 11.4. The molecule has 0 N–H and O–H groups in total. The van der Waals surface area contributed by atoms with Crippen molar-refractivity contribution in [2.45, 2.75) is 6.92 Å². The van der Waals surface area contributed by atoms with Crippen molar-refractivity contribution >= 4 is 11.5 Å². The lowest BCUT2D eigenvalue weighted by Gasteiger charge is -1.99. The SMILES string of the molecule is C/C(=N\c1ccccn1)c1ccccc1. The van der Waals surface area contributed by atoms with Gasteiger partial charge in [0.1, 0.15) is 0 Å². The number of rotatable bonds is 2. The molecule has 2 aromatic rings. The van der Waals surface area contributed by atoms with Crippen molar-refractivity contribution in [3.8, 4) is 0 Å². The van der Waals surface area contributed by atoms with Gasteiger partial charge < -0.3 is 0 Å². The van der Waals surface area contributed by atoms with E-state index in [0.717, 1.165) is 17.1 Å². The van der Waals surface area contributed by atoms with Crippen molar-refractivity contribution in [2.75, 3.05) is 0 Å². The molecule has 1 aromatic heterocycles. The smallest absolute Gasteiger partial charge is 0.152 e. The standard InChI is InChI=1S/C13H12N2/c1-11(12-7-3-2-4-8-12)15-13-9-5-6-10-14-13/h2-10H,1H3/b15-11+. The van der Waals surface area contributed by atoms with E-state index in [1.165, 1.54) is 0 Å². The predicted octanol–water partition coefficient (Wildman–Crippen LogP) is 3.22. The molecule has 0 unspecified atom stereocenters. The van der Waals surface area contributed by atoms with Crippen molar-refractivity contribution in [2.24, 2.45) is 4.99 Å². The summed E-state index contributed by atoms with van der Waals surface area (Å²) in [6.07, 6.45) is 1.75. The second-order valence-electron chi connectivity index (χ2n) is 3.25. The van der Waals surface area contributed by atoms with E-state index in [0.29, 0.717) is 0 Å². The Morgan fingerprint density at radius 2 is 1.73 bits per heavy atom. The van der Waals surface area contributed by atoms with Crippen molar-refractivity contribution in [1.29, 1.82) is 0 Å². The van der Waals surface area contributed by atoms with Crippen LogP contribution < -0.4 is 0 Å². The molecule has 2 heteroatoms. The highest BCUT2D eigenvalue weighted by molar-refractivity contribution is 5.99. The van der Waals surface area contributed by atoms with Gasteiger partial charge in [-0.1, -0.05) is 36.4 Å². The molecule has 15 heavy (non-hydrogen) atoms. The van der Waals surface area contributed by atoms with Gasteiger partial charge in [0, 0.05) is 11.9 Å². The Bertz CT molecular complexity index is 446. The van der Waals surface area contributed by atoms with Crippen LogP contribution in [0.25, 0.3) is 0 Å². The number of hydrogen-bond donors (Lipinski definition) is 0. The first-order valence-corrected chi connectivity index (χ1v) is 4.88. The first kappa shape index (κ1) is 9.59. The van der Waals surface area contributed by atoms with Crippen LogP contribution >= 0.6 is 0 Å². The lowest BCUT2D eigenvalue weighted by atomic mass is 10.1. The average Bonchev–Trinajstić information content (AvgIpc) is 2.31. The first-order chi connectivity index (χ1) is 7.36. The Morgan fingerprint density at radius 1 is 1.00 bits per heavy atom. The Labute approximate surface area is 89.3 Å². The van der Waals surface area contributed by atoms with E-state index in [4.69, 9.17) is 0 Å². The maximum Gasteiger partial charge on any atom is 0.152 e. The van der Waals surface area contributed by atoms with Gasteiger partial charge in [-0.2, -0.15) is 0 Å². The number of pyridine rings is 1. The van der Waals surface area contributed by atoms with Crippen LogP contribution in [-0.2, 0) is 0 Å². The maximum absolute atomic E-state index is 4.43. The van der Waals surface area contributed by atoms with E-state index in [1.54, 1.807) is 6.20 Å². The van der Waals surface area contributed by atoms with E-state index in [9.17, 15) is 0 Å². The van der Waals surface area contributed by atoms with Crippen LogP contribution in [0.2, 0.25) is 0 Å². The van der Waals surface area contributed by atoms with Gasteiger partial charge in [0.2, 0.25) is 0 Å². The Balaban J connectivity index is 2.29. The number of benzene rings is 1. The molecule has 0 amide bonds. The third-order valence-corrected chi connectivity index (χ3v) is 2.12. The van der Waals surface area contributed by atoms with Gasteiger partial charge in [-0.05, 0) is 24.6 Å². The zero-order valence-electron chi connectivity index (χ0n) is 8.59. The van der Waals surface area contributed by atoms with Crippen LogP contribution in [0, 0.1) is 0 Å². The number of aromatic nitrogens is 1. The summed E-state index contributed by atoms with van der Waals surface area (Å²) < 4.78 is 0. The molecule has 0 bridgehead atoms. The summed E-state index contributed by atoms with van der Waals surface area (Å²) >= 11 is 0. The lowest BCUT2D eigenvalue weighted by molar-refractivity contribution is 1.27. The second-order valence-corrected chi connectivity index (χ2v) is 3.25. The van der Waals surface area contributed by atoms with Crippen LogP contribution in [0.15, 0.2) is 59.7 Å². The summed E-state index contributed by atoms with van der Waals surface area (Å²) in [4.78, 5) is 8.59. The van der Waals surface area contributed by atoms with Crippen LogP contribution in [0.5, 0.6) is 0 Å². The van der Waals surface area contributed by atoms with Gasteiger partial charge >= 0.3 is 0 Å². The van der Waals surface area contributed by atoms with Gasteiger partial charge in [-0.3, -0.25) is 0 Å². The lowest BCUT2D eigenvalue weighted by Crippen LogP contribution is -1.93. The van der Waals surface area contributed by atoms with Crippen LogP contribution in [0.4, 0.5) is 5.82 Å². The van der Waals surface area contributed by atoms with Crippen molar-refractivity contribution in [3.05, 3.63) is 60.3 Å². The molecule has 2 nitrogen and oxygen atoms in total. The van der Waals surface area contributed by atoms with Gasteiger partial charge in [-0.15, -0.1) is 0 Å². The molecule has 0 aliphatic rings. The van der Waals surface area contributed by atoms with Crippen LogP contribution in [-0.4, -0.2) is 10.7 Å². The highest BCUT2D eigenvalue weighted by Crippen LogP contribution is 2.09. The zero-order valence-corrected chi connectivity index (χ0v) is 8.59. The number of aliphatic imine (C=N–C) groups is 1. The van der Waals surface area contributed by atoms with Gasteiger partial charge in [0.15, 0.2) is 5.82 Å². The van der Waals surface area contributed by atoms with E-state index in [2.05, 4.69) is 9.98 Å².